The van der Waals surface area contributed by atoms with E-state index in [1.54, 1.807) is 11.5 Å². The molecule has 1 atom stereocenters. The van der Waals surface area contributed by atoms with E-state index in [0.717, 1.165) is 11.1 Å². The number of nitrogens with zero attached hydrogens (tertiary/aromatic N) is 2. The maximum Gasteiger partial charge on any atom is 0.338 e. The van der Waals surface area contributed by atoms with Crippen molar-refractivity contribution in [1.29, 1.82) is 0 Å². The van der Waals surface area contributed by atoms with Crippen LogP contribution in [0.2, 0.25) is 0 Å². The van der Waals surface area contributed by atoms with Gasteiger partial charge in [-0.3, -0.25) is 9.36 Å². The molecule has 0 aliphatic carbocycles. The molecule has 5 nitrogen and oxygen atoms in total. The molecule has 158 valence electrons. The Labute approximate surface area is 184 Å². The van der Waals surface area contributed by atoms with Gasteiger partial charge in [0, 0.05) is 0 Å². The van der Waals surface area contributed by atoms with E-state index in [1.807, 2.05) is 48.5 Å². The summed E-state index contributed by atoms with van der Waals surface area (Å²) in [5, 5.41) is 0. The number of allylic oxidation sites excluding steroid dienone is 1. The van der Waals surface area contributed by atoms with E-state index in [2.05, 4.69) is 31.0 Å². The van der Waals surface area contributed by atoms with Gasteiger partial charge >= 0.3 is 5.97 Å². The molecule has 6 heteroatoms. The Morgan fingerprint density at radius 2 is 1.81 bits per heavy atom. The third kappa shape index (κ3) is 3.91. The van der Waals surface area contributed by atoms with Gasteiger partial charge in [0.1, 0.15) is 0 Å². The molecule has 31 heavy (non-hydrogen) atoms. The van der Waals surface area contributed by atoms with Crippen molar-refractivity contribution in [3.8, 4) is 0 Å². The Balaban J connectivity index is 1.91. The zero-order chi connectivity index (χ0) is 22.1. The second kappa shape index (κ2) is 8.47. The number of methoxy groups -OCH3 is 1. The summed E-state index contributed by atoms with van der Waals surface area (Å²) in [4.78, 5) is 31.2. The van der Waals surface area contributed by atoms with Crippen LogP contribution in [-0.4, -0.2) is 17.6 Å². The number of hydrogen-bond donors (Lipinski definition) is 0. The summed E-state index contributed by atoms with van der Waals surface area (Å²) < 4.78 is 7.21. The van der Waals surface area contributed by atoms with Gasteiger partial charge in [-0.2, -0.15) is 0 Å². The summed E-state index contributed by atoms with van der Waals surface area (Å²) in [6.45, 7) is 6.08. The molecule has 0 bridgehead atoms. The molecule has 3 aromatic rings. The van der Waals surface area contributed by atoms with E-state index < -0.39 is 12.0 Å². The molecule has 0 N–H and O–H groups in total. The van der Waals surface area contributed by atoms with E-state index in [1.165, 1.54) is 24.0 Å². The fraction of sp³-hybridized carbons (Fsp3) is 0.240. The zero-order valence-corrected chi connectivity index (χ0v) is 18.8. The number of thiazole rings is 1. The van der Waals surface area contributed by atoms with Crippen LogP contribution in [0.15, 0.2) is 75.7 Å². The van der Waals surface area contributed by atoms with Crippen LogP contribution < -0.4 is 14.9 Å². The first-order valence-electron chi connectivity index (χ1n) is 10.2. The fourth-order valence-electron chi connectivity index (χ4n) is 3.77. The third-order valence-corrected chi connectivity index (χ3v) is 6.43. The van der Waals surface area contributed by atoms with Crippen LogP contribution in [0, 0.1) is 0 Å². The first-order chi connectivity index (χ1) is 14.9. The van der Waals surface area contributed by atoms with Gasteiger partial charge in [-0.05, 0) is 35.6 Å². The van der Waals surface area contributed by atoms with Crippen molar-refractivity contribution in [3.05, 3.63) is 102 Å². The monoisotopic (exact) mass is 432 g/mol. The molecule has 0 amide bonds. The number of esters is 1. The number of ether oxygens (including phenoxy) is 1. The first-order valence-corrected chi connectivity index (χ1v) is 11.0. The lowest BCUT2D eigenvalue weighted by molar-refractivity contribution is -0.136. The Kier molecular flexibility index (Phi) is 5.74. The number of fused-ring (bicyclic) bond motifs is 1. The van der Waals surface area contributed by atoms with E-state index in [-0.39, 0.29) is 5.56 Å². The highest BCUT2D eigenvalue weighted by Gasteiger charge is 2.32. The van der Waals surface area contributed by atoms with Gasteiger partial charge in [-0.25, -0.2) is 9.79 Å². The maximum absolute atomic E-state index is 13.4. The SMILES string of the molecule is COC(=O)C1=C(C)N=c2s/c(=C/c3ccc(C(C)C)cc3)c(=O)n2[C@@H]1c1ccccc1. The lowest BCUT2D eigenvalue weighted by Gasteiger charge is -2.24. The van der Waals surface area contributed by atoms with Crippen LogP contribution >= 0.6 is 11.3 Å². The van der Waals surface area contributed by atoms with Crippen LogP contribution in [0.25, 0.3) is 6.08 Å². The smallest absolute Gasteiger partial charge is 0.338 e. The normalized spacial score (nSPS) is 16.3. The second-order valence-corrected chi connectivity index (χ2v) is 8.81. The summed E-state index contributed by atoms with van der Waals surface area (Å²) in [6, 6.07) is 17.2. The van der Waals surface area contributed by atoms with E-state index in [0.29, 0.717) is 26.5 Å². The first kappa shape index (κ1) is 21.0. The molecule has 1 aromatic heterocycles. The summed E-state index contributed by atoms with van der Waals surface area (Å²) in [5.41, 5.74) is 3.82. The minimum Gasteiger partial charge on any atom is -0.466 e. The molecule has 0 saturated heterocycles. The summed E-state index contributed by atoms with van der Waals surface area (Å²) in [5.74, 6) is -0.0291. The Hall–Kier alpha value is -3.25. The number of aromatic nitrogens is 1. The molecular formula is C25H24N2O3S. The Morgan fingerprint density at radius 3 is 2.42 bits per heavy atom. The molecule has 2 heterocycles. The van der Waals surface area contributed by atoms with Crippen LogP contribution in [0.1, 0.15) is 49.4 Å². The van der Waals surface area contributed by atoms with Crippen molar-refractivity contribution in [2.24, 2.45) is 4.99 Å². The highest BCUT2D eigenvalue weighted by Crippen LogP contribution is 2.30. The minimum atomic E-state index is -0.574. The standard InChI is InChI=1S/C25H24N2O3S/c1-15(2)18-12-10-17(11-13-18)14-20-23(28)27-22(19-8-6-5-7-9-19)21(24(29)30-4)16(3)26-25(27)31-20/h5-15,22H,1-4H3/b20-14+/t22-/m1/s1. The lowest BCUT2D eigenvalue weighted by Crippen LogP contribution is -2.39. The molecule has 0 unspecified atom stereocenters. The van der Waals surface area contributed by atoms with E-state index >= 15 is 0 Å². The van der Waals surface area contributed by atoms with Gasteiger partial charge in [-0.1, -0.05) is 79.8 Å². The minimum absolute atomic E-state index is 0.167. The van der Waals surface area contributed by atoms with Crippen molar-refractivity contribution >= 4 is 23.4 Å². The second-order valence-electron chi connectivity index (χ2n) is 7.81. The molecule has 0 fully saturated rings. The summed E-state index contributed by atoms with van der Waals surface area (Å²) in [6.07, 6.45) is 1.88. The summed E-state index contributed by atoms with van der Waals surface area (Å²) in [7, 11) is 1.34. The fourth-order valence-corrected chi connectivity index (χ4v) is 4.82. The predicted molar refractivity (Wildman–Crippen MR) is 123 cm³/mol. The molecule has 1 aliphatic rings. The number of carbonyl (C=O) groups is 1. The van der Waals surface area contributed by atoms with Crippen molar-refractivity contribution in [2.45, 2.75) is 32.7 Å². The number of carbonyl (C=O) groups excluding carboxylic acids is 1. The quantitative estimate of drug-likeness (QED) is 0.593. The number of hydrogen-bond acceptors (Lipinski definition) is 5. The summed E-state index contributed by atoms with van der Waals surface area (Å²) >= 11 is 1.33. The topological polar surface area (TPSA) is 60.7 Å². The van der Waals surface area contributed by atoms with Crippen molar-refractivity contribution in [3.63, 3.8) is 0 Å². The van der Waals surface area contributed by atoms with Gasteiger partial charge in [0.25, 0.3) is 5.56 Å². The van der Waals surface area contributed by atoms with Gasteiger partial charge < -0.3 is 4.74 Å². The van der Waals surface area contributed by atoms with Gasteiger partial charge in [-0.15, -0.1) is 0 Å². The average Bonchev–Trinajstić information content (AvgIpc) is 3.07. The average molecular weight is 433 g/mol. The molecule has 2 aromatic carbocycles. The largest absolute Gasteiger partial charge is 0.466 e. The molecule has 0 spiro atoms. The molecule has 0 saturated carbocycles. The van der Waals surface area contributed by atoms with Crippen molar-refractivity contribution < 1.29 is 9.53 Å². The lowest BCUT2D eigenvalue weighted by atomic mass is 9.96. The van der Waals surface area contributed by atoms with Crippen LogP contribution in [0.4, 0.5) is 0 Å². The van der Waals surface area contributed by atoms with Gasteiger partial charge in [0.2, 0.25) is 0 Å². The molecule has 4 rings (SSSR count). The zero-order valence-electron chi connectivity index (χ0n) is 18.0. The van der Waals surface area contributed by atoms with Crippen LogP contribution in [0.5, 0.6) is 0 Å². The van der Waals surface area contributed by atoms with Gasteiger partial charge in [0.15, 0.2) is 4.80 Å². The predicted octanol–water partition coefficient (Wildman–Crippen LogP) is 3.53. The molecule has 0 radical (unpaired) electrons. The Bertz CT molecular complexity index is 1330. The van der Waals surface area contributed by atoms with Gasteiger partial charge in [0.05, 0.1) is 29.0 Å². The Morgan fingerprint density at radius 1 is 1.13 bits per heavy atom. The molecule has 1 aliphatic heterocycles. The highest BCUT2D eigenvalue weighted by atomic mass is 32.1. The molecular weight excluding hydrogens is 408 g/mol. The maximum atomic E-state index is 13.4. The highest BCUT2D eigenvalue weighted by molar-refractivity contribution is 7.07. The van der Waals surface area contributed by atoms with Crippen LogP contribution in [-0.2, 0) is 9.53 Å². The van der Waals surface area contributed by atoms with Crippen molar-refractivity contribution in [2.75, 3.05) is 7.11 Å². The van der Waals surface area contributed by atoms with Crippen molar-refractivity contribution in [1.82, 2.24) is 4.57 Å². The van der Waals surface area contributed by atoms with E-state index in [9.17, 15) is 9.59 Å². The number of rotatable bonds is 4. The number of benzene rings is 2. The van der Waals surface area contributed by atoms with Crippen LogP contribution in [0.3, 0.4) is 0 Å². The third-order valence-electron chi connectivity index (χ3n) is 5.44. The van der Waals surface area contributed by atoms with E-state index in [4.69, 9.17) is 4.74 Å².